The van der Waals surface area contributed by atoms with E-state index in [9.17, 15) is 8.42 Å². The second-order valence-electron chi connectivity index (χ2n) is 5.58. The van der Waals surface area contributed by atoms with Crippen molar-refractivity contribution in [3.8, 4) is 0 Å². The summed E-state index contributed by atoms with van der Waals surface area (Å²) in [4.78, 5) is 0.416. The molecule has 3 nitrogen and oxygen atoms in total. The van der Waals surface area contributed by atoms with Crippen LogP contribution in [0.1, 0.15) is 11.1 Å². The molecule has 0 atom stereocenters. The number of anilines is 1. The number of hydrogen-bond acceptors (Lipinski definition) is 2. The Morgan fingerprint density at radius 2 is 1.68 bits per heavy atom. The third kappa shape index (κ3) is 1.77. The largest absolute Gasteiger partial charge is 0.265 e. The maximum Gasteiger partial charge on any atom is 0.265 e. The van der Waals surface area contributed by atoms with Crippen LogP contribution in [0.3, 0.4) is 0 Å². The van der Waals surface area contributed by atoms with Gasteiger partial charge < -0.3 is 0 Å². The molecule has 4 heteroatoms. The van der Waals surface area contributed by atoms with Crippen LogP contribution in [-0.4, -0.2) is 8.42 Å². The zero-order chi connectivity index (χ0) is 15.3. The maximum atomic E-state index is 12.9. The van der Waals surface area contributed by atoms with Crippen molar-refractivity contribution in [1.29, 1.82) is 0 Å². The van der Waals surface area contributed by atoms with Gasteiger partial charge in [-0.25, -0.2) is 8.42 Å². The first-order chi connectivity index (χ1) is 10.6. The molecule has 22 heavy (non-hydrogen) atoms. The number of nitrogens with zero attached hydrogens (tertiary/aromatic N) is 1. The number of benzene rings is 3. The molecule has 0 N–H and O–H groups in total. The Morgan fingerprint density at radius 3 is 2.45 bits per heavy atom. The molecule has 1 aliphatic rings. The molecule has 0 radical (unpaired) electrons. The predicted octanol–water partition coefficient (Wildman–Crippen LogP) is 3.86. The smallest absolute Gasteiger partial charge is 0.261 e. The lowest BCUT2D eigenvalue weighted by atomic mass is 10.0. The molecule has 0 aliphatic carbocycles. The van der Waals surface area contributed by atoms with Crippen molar-refractivity contribution >= 4 is 26.5 Å². The van der Waals surface area contributed by atoms with Gasteiger partial charge in [0.2, 0.25) is 0 Å². The molecule has 0 fully saturated rings. The van der Waals surface area contributed by atoms with E-state index in [1.54, 1.807) is 6.07 Å². The van der Waals surface area contributed by atoms with E-state index in [1.165, 1.54) is 4.31 Å². The van der Waals surface area contributed by atoms with Crippen molar-refractivity contribution in [2.75, 3.05) is 4.31 Å². The molecule has 0 aromatic heterocycles. The standard InChI is InChI=1S/C18H15NO2S/c1-13-10-11-17-18-15(13)8-5-9-16(18)19(22(17,20)21)12-14-6-3-2-4-7-14/h2-11H,12H2,1H3. The van der Waals surface area contributed by atoms with Crippen LogP contribution in [0.25, 0.3) is 10.8 Å². The lowest BCUT2D eigenvalue weighted by Crippen LogP contribution is -2.26. The molecule has 0 saturated heterocycles. The van der Waals surface area contributed by atoms with Gasteiger partial charge in [-0.3, -0.25) is 4.31 Å². The molecule has 1 heterocycles. The van der Waals surface area contributed by atoms with Crippen molar-refractivity contribution < 1.29 is 8.42 Å². The quantitative estimate of drug-likeness (QED) is 0.721. The zero-order valence-electron chi connectivity index (χ0n) is 12.2. The highest BCUT2D eigenvalue weighted by Gasteiger charge is 2.35. The fourth-order valence-corrected chi connectivity index (χ4v) is 4.77. The van der Waals surface area contributed by atoms with Crippen LogP contribution in [0.5, 0.6) is 0 Å². The number of hydrogen-bond donors (Lipinski definition) is 0. The van der Waals surface area contributed by atoms with Crippen LogP contribution < -0.4 is 4.31 Å². The molecular weight excluding hydrogens is 294 g/mol. The molecular formula is C18H15NO2S. The van der Waals surface area contributed by atoms with Gasteiger partial charge in [-0.1, -0.05) is 48.5 Å². The van der Waals surface area contributed by atoms with Gasteiger partial charge in [0.05, 0.1) is 17.1 Å². The summed E-state index contributed by atoms with van der Waals surface area (Å²) in [5.74, 6) is 0. The molecule has 0 bridgehead atoms. The van der Waals surface area contributed by atoms with Crippen LogP contribution in [0.2, 0.25) is 0 Å². The summed E-state index contributed by atoms with van der Waals surface area (Å²) < 4.78 is 27.3. The fourth-order valence-electron chi connectivity index (χ4n) is 3.09. The van der Waals surface area contributed by atoms with E-state index >= 15 is 0 Å². The normalized spacial score (nSPS) is 15.4. The number of rotatable bonds is 2. The van der Waals surface area contributed by atoms with Crippen molar-refractivity contribution in [2.24, 2.45) is 0 Å². The van der Waals surface area contributed by atoms with E-state index in [2.05, 4.69) is 0 Å². The summed E-state index contributed by atoms with van der Waals surface area (Å²) >= 11 is 0. The van der Waals surface area contributed by atoms with Crippen molar-refractivity contribution in [3.63, 3.8) is 0 Å². The van der Waals surface area contributed by atoms with Crippen LogP contribution in [0.15, 0.2) is 65.6 Å². The summed E-state index contributed by atoms with van der Waals surface area (Å²) in [5, 5.41) is 1.85. The average molecular weight is 309 g/mol. The molecule has 0 amide bonds. The zero-order valence-corrected chi connectivity index (χ0v) is 13.0. The summed E-state index contributed by atoms with van der Waals surface area (Å²) in [6, 6.07) is 19.1. The lowest BCUT2D eigenvalue weighted by molar-refractivity contribution is 0.593. The maximum absolute atomic E-state index is 12.9. The Balaban J connectivity index is 1.95. The first kappa shape index (κ1) is 13.3. The highest BCUT2D eigenvalue weighted by molar-refractivity contribution is 7.93. The molecule has 0 saturated carbocycles. The molecule has 3 aromatic rings. The minimum absolute atomic E-state index is 0.357. The monoisotopic (exact) mass is 309 g/mol. The predicted molar refractivity (Wildman–Crippen MR) is 88.5 cm³/mol. The van der Waals surface area contributed by atoms with Gasteiger partial charge in [-0.15, -0.1) is 0 Å². The fraction of sp³-hybridized carbons (Fsp3) is 0.111. The van der Waals surface area contributed by atoms with Crippen molar-refractivity contribution in [3.05, 3.63) is 71.8 Å². The van der Waals surface area contributed by atoms with Crippen LogP contribution in [0.4, 0.5) is 5.69 Å². The molecule has 110 valence electrons. The van der Waals surface area contributed by atoms with Gasteiger partial charge in [-0.05, 0) is 35.6 Å². The number of sulfonamides is 1. The van der Waals surface area contributed by atoms with Crippen LogP contribution in [0, 0.1) is 6.92 Å². The van der Waals surface area contributed by atoms with E-state index in [0.717, 1.165) is 27.6 Å². The molecule has 0 spiro atoms. The Bertz CT molecular complexity index is 979. The molecule has 4 rings (SSSR count). The Labute approximate surface area is 129 Å². The molecule has 3 aromatic carbocycles. The highest BCUT2D eigenvalue weighted by atomic mass is 32.2. The summed E-state index contributed by atoms with van der Waals surface area (Å²) in [6.45, 7) is 2.37. The van der Waals surface area contributed by atoms with Gasteiger partial charge in [0, 0.05) is 5.39 Å². The SMILES string of the molecule is Cc1ccc2c3c(cccc13)N(Cc1ccccc1)S2(=O)=O. The van der Waals surface area contributed by atoms with Crippen LogP contribution in [-0.2, 0) is 16.6 Å². The van der Waals surface area contributed by atoms with Crippen LogP contribution >= 0.6 is 0 Å². The summed E-state index contributed by atoms with van der Waals surface area (Å²) in [5.41, 5.74) is 2.85. The summed E-state index contributed by atoms with van der Waals surface area (Å²) in [6.07, 6.45) is 0. The first-order valence-electron chi connectivity index (χ1n) is 7.18. The second-order valence-corrected chi connectivity index (χ2v) is 7.41. The van der Waals surface area contributed by atoms with E-state index in [1.807, 2.05) is 61.5 Å². The second kappa shape index (κ2) is 4.58. The highest BCUT2D eigenvalue weighted by Crippen LogP contribution is 2.43. The van der Waals surface area contributed by atoms with Gasteiger partial charge in [0.25, 0.3) is 10.0 Å². The van der Waals surface area contributed by atoms with Gasteiger partial charge in [-0.2, -0.15) is 0 Å². The number of aryl methyl sites for hydroxylation is 1. The Kier molecular flexibility index (Phi) is 2.78. The third-order valence-electron chi connectivity index (χ3n) is 4.20. The summed E-state index contributed by atoms with van der Waals surface area (Å²) in [7, 11) is -3.48. The average Bonchev–Trinajstić information content (AvgIpc) is 2.74. The van der Waals surface area contributed by atoms with Gasteiger partial charge >= 0.3 is 0 Å². The Morgan fingerprint density at radius 1 is 0.909 bits per heavy atom. The van der Waals surface area contributed by atoms with Gasteiger partial charge in [0.1, 0.15) is 0 Å². The van der Waals surface area contributed by atoms with E-state index < -0.39 is 10.0 Å². The lowest BCUT2D eigenvalue weighted by Gasteiger charge is -2.18. The molecule has 0 unspecified atom stereocenters. The Hall–Kier alpha value is -2.33. The van der Waals surface area contributed by atoms with Gasteiger partial charge in [0.15, 0.2) is 0 Å². The molecule has 1 aliphatic heterocycles. The van der Waals surface area contributed by atoms with Crippen molar-refractivity contribution in [1.82, 2.24) is 0 Å². The minimum Gasteiger partial charge on any atom is -0.261 e. The third-order valence-corrected chi connectivity index (χ3v) is 6.01. The first-order valence-corrected chi connectivity index (χ1v) is 8.62. The van der Waals surface area contributed by atoms with Crippen molar-refractivity contribution in [2.45, 2.75) is 18.4 Å². The topological polar surface area (TPSA) is 37.4 Å². The van der Waals surface area contributed by atoms with E-state index in [-0.39, 0.29) is 0 Å². The van der Waals surface area contributed by atoms with E-state index in [4.69, 9.17) is 0 Å². The van der Waals surface area contributed by atoms with E-state index in [0.29, 0.717) is 11.4 Å². The minimum atomic E-state index is -3.48.